The number of hydrogen-bond donors (Lipinski definition) is 1. The first kappa shape index (κ1) is 28.8. The zero-order valence-corrected chi connectivity index (χ0v) is 22.2. The molecule has 0 spiro atoms. The third-order valence-corrected chi connectivity index (χ3v) is 5.73. The van der Waals surface area contributed by atoms with Gasteiger partial charge in [0.15, 0.2) is 0 Å². The van der Waals surface area contributed by atoms with Crippen LogP contribution in [0.5, 0.6) is 0 Å². The highest BCUT2D eigenvalue weighted by Crippen LogP contribution is 2.16. The van der Waals surface area contributed by atoms with E-state index in [9.17, 15) is 14.4 Å². The normalized spacial score (nSPS) is 12.8. The molecule has 0 aliphatic carbocycles. The first-order valence-corrected chi connectivity index (χ1v) is 12.1. The van der Waals surface area contributed by atoms with Crippen molar-refractivity contribution in [3.8, 4) is 0 Å². The highest BCUT2D eigenvalue weighted by molar-refractivity contribution is 5.91. The number of ether oxygens (including phenoxy) is 2. The molecule has 0 heterocycles. The summed E-state index contributed by atoms with van der Waals surface area (Å²) in [7, 11) is 4.64. The van der Waals surface area contributed by atoms with E-state index < -0.39 is 29.7 Å². The number of hydrogen-bond acceptors (Lipinski definition) is 5. The molecule has 0 bridgehead atoms. The van der Waals surface area contributed by atoms with Gasteiger partial charge in [0.1, 0.15) is 17.7 Å². The second kappa shape index (κ2) is 13.6. The molecule has 1 N–H and O–H groups in total. The molecule has 2 rings (SSSR count). The van der Waals surface area contributed by atoms with Crippen LogP contribution in [0.2, 0.25) is 0 Å². The fraction of sp³-hybridized carbons (Fsp3) is 0.464. The molecule has 0 unspecified atom stereocenters. The number of carbonyl (C=O) groups is 3. The Morgan fingerprint density at radius 2 is 1.42 bits per heavy atom. The van der Waals surface area contributed by atoms with Crippen molar-refractivity contribution in [1.29, 1.82) is 0 Å². The third kappa shape index (κ3) is 9.00. The molecule has 0 aliphatic rings. The van der Waals surface area contributed by atoms with E-state index in [4.69, 9.17) is 9.47 Å². The number of benzene rings is 2. The van der Waals surface area contributed by atoms with Crippen LogP contribution in [0.15, 0.2) is 60.7 Å². The second-order valence-corrected chi connectivity index (χ2v) is 9.71. The summed E-state index contributed by atoms with van der Waals surface area (Å²) in [5.41, 5.74) is 1.29. The Bertz CT molecular complexity index is 976. The SMILES string of the molecule is CNC(=O)[C@@H](CCc1ccccc1)N(C)C(=O)[C@@H](COCc1ccccc1)N(C)C(=O)OC(C)(C)C. The number of aryl methyl sites for hydroxylation is 1. The van der Waals surface area contributed by atoms with E-state index in [0.29, 0.717) is 12.8 Å². The fourth-order valence-corrected chi connectivity index (χ4v) is 3.68. The summed E-state index contributed by atoms with van der Waals surface area (Å²) in [5.74, 6) is -0.677. The van der Waals surface area contributed by atoms with Crippen molar-refractivity contribution < 1.29 is 23.9 Å². The Morgan fingerprint density at radius 1 is 0.861 bits per heavy atom. The summed E-state index contributed by atoms with van der Waals surface area (Å²) >= 11 is 0. The first-order chi connectivity index (χ1) is 17.0. The first-order valence-electron chi connectivity index (χ1n) is 12.1. The van der Waals surface area contributed by atoms with E-state index >= 15 is 0 Å². The Labute approximate surface area is 214 Å². The minimum atomic E-state index is -0.975. The van der Waals surface area contributed by atoms with E-state index in [1.807, 2.05) is 60.7 Å². The number of nitrogens with zero attached hydrogens (tertiary/aromatic N) is 2. The average molecular weight is 498 g/mol. The maximum absolute atomic E-state index is 13.7. The number of nitrogens with one attached hydrogen (secondary N) is 1. The van der Waals surface area contributed by atoms with Gasteiger partial charge < -0.3 is 19.7 Å². The fourth-order valence-electron chi connectivity index (χ4n) is 3.68. The van der Waals surface area contributed by atoms with Crippen LogP contribution < -0.4 is 5.32 Å². The van der Waals surface area contributed by atoms with Crippen molar-refractivity contribution in [2.24, 2.45) is 0 Å². The van der Waals surface area contributed by atoms with Crippen molar-refractivity contribution >= 4 is 17.9 Å². The van der Waals surface area contributed by atoms with Gasteiger partial charge in [0.05, 0.1) is 13.2 Å². The second-order valence-electron chi connectivity index (χ2n) is 9.71. The lowest BCUT2D eigenvalue weighted by molar-refractivity contribution is -0.144. The molecule has 0 saturated heterocycles. The highest BCUT2D eigenvalue weighted by atomic mass is 16.6. The van der Waals surface area contributed by atoms with Gasteiger partial charge in [0.25, 0.3) is 0 Å². The van der Waals surface area contributed by atoms with Crippen LogP contribution in [0.4, 0.5) is 4.79 Å². The van der Waals surface area contributed by atoms with Crippen molar-refractivity contribution in [3.05, 3.63) is 71.8 Å². The van der Waals surface area contributed by atoms with Gasteiger partial charge in [-0.2, -0.15) is 0 Å². The molecule has 8 nitrogen and oxygen atoms in total. The molecule has 0 aromatic heterocycles. The number of carbonyl (C=O) groups excluding carboxylic acids is 3. The molecule has 0 fully saturated rings. The summed E-state index contributed by atoms with van der Waals surface area (Å²) in [6.07, 6.45) is 0.408. The number of rotatable bonds is 11. The molecular weight excluding hydrogens is 458 g/mol. The van der Waals surface area contributed by atoms with Crippen molar-refractivity contribution in [2.75, 3.05) is 27.7 Å². The van der Waals surface area contributed by atoms with E-state index in [-0.39, 0.29) is 19.1 Å². The quantitative estimate of drug-likeness (QED) is 0.512. The predicted octanol–water partition coefficient (Wildman–Crippen LogP) is 3.64. The zero-order valence-electron chi connectivity index (χ0n) is 22.2. The number of amides is 3. The summed E-state index contributed by atoms with van der Waals surface area (Å²) in [5, 5.41) is 2.65. The van der Waals surface area contributed by atoms with Crippen molar-refractivity contribution in [2.45, 2.75) is 57.9 Å². The molecule has 0 radical (unpaired) electrons. The zero-order chi connectivity index (χ0) is 26.7. The minimum absolute atomic E-state index is 0.0487. The van der Waals surface area contributed by atoms with Gasteiger partial charge in [-0.15, -0.1) is 0 Å². The van der Waals surface area contributed by atoms with Gasteiger partial charge in [-0.3, -0.25) is 14.5 Å². The van der Waals surface area contributed by atoms with Crippen LogP contribution in [-0.4, -0.2) is 73.1 Å². The van der Waals surface area contributed by atoms with Crippen LogP contribution in [0, 0.1) is 0 Å². The molecular formula is C28H39N3O5. The standard InChI is InChI=1S/C28H39N3O5/c1-28(2,3)36-27(34)31(6)24(20-35-19-22-15-11-8-12-16-22)26(33)30(5)23(25(32)29-4)18-17-21-13-9-7-10-14-21/h7-16,23-24H,17-20H2,1-6H3,(H,29,32)/t23-,24-/m1/s1. The van der Waals surface area contributed by atoms with Crippen LogP contribution >= 0.6 is 0 Å². The molecule has 196 valence electrons. The lowest BCUT2D eigenvalue weighted by atomic mass is 10.0. The van der Waals surface area contributed by atoms with Gasteiger partial charge in [-0.25, -0.2) is 4.79 Å². The molecule has 8 heteroatoms. The van der Waals surface area contributed by atoms with Gasteiger partial charge >= 0.3 is 6.09 Å². The third-order valence-electron chi connectivity index (χ3n) is 5.73. The smallest absolute Gasteiger partial charge is 0.410 e. The van der Waals surface area contributed by atoms with Crippen LogP contribution in [0.25, 0.3) is 0 Å². The Morgan fingerprint density at radius 3 is 1.94 bits per heavy atom. The number of likely N-dealkylation sites (N-methyl/N-ethyl adjacent to an activating group) is 3. The van der Waals surface area contributed by atoms with Crippen LogP contribution in [0.1, 0.15) is 38.3 Å². The van der Waals surface area contributed by atoms with Crippen molar-refractivity contribution in [3.63, 3.8) is 0 Å². The van der Waals surface area contributed by atoms with E-state index in [1.165, 1.54) is 16.8 Å². The summed E-state index contributed by atoms with van der Waals surface area (Å²) in [4.78, 5) is 41.9. The lowest BCUT2D eigenvalue weighted by Crippen LogP contribution is -2.56. The van der Waals surface area contributed by atoms with Crippen molar-refractivity contribution in [1.82, 2.24) is 15.1 Å². The van der Waals surface area contributed by atoms with E-state index in [1.54, 1.807) is 34.9 Å². The molecule has 3 amide bonds. The molecule has 2 aromatic rings. The molecule has 0 aliphatic heterocycles. The van der Waals surface area contributed by atoms with Crippen LogP contribution in [0.3, 0.4) is 0 Å². The summed E-state index contributed by atoms with van der Waals surface area (Å²) < 4.78 is 11.3. The Kier molecular flexibility index (Phi) is 10.9. The Hall–Kier alpha value is -3.39. The topological polar surface area (TPSA) is 88.2 Å². The van der Waals surface area contributed by atoms with E-state index in [2.05, 4.69) is 5.32 Å². The average Bonchev–Trinajstić information content (AvgIpc) is 2.85. The Balaban J connectivity index is 2.21. The molecule has 0 saturated carbocycles. The molecule has 36 heavy (non-hydrogen) atoms. The van der Waals surface area contributed by atoms with Gasteiger partial charge in [0, 0.05) is 21.1 Å². The molecule has 2 atom stereocenters. The molecule has 2 aromatic carbocycles. The maximum atomic E-state index is 13.7. The minimum Gasteiger partial charge on any atom is -0.444 e. The van der Waals surface area contributed by atoms with Crippen LogP contribution in [-0.2, 0) is 32.1 Å². The monoisotopic (exact) mass is 497 g/mol. The van der Waals surface area contributed by atoms with E-state index in [0.717, 1.165) is 11.1 Å². The summed E-state index contributed by atoms with van der Waals surface area (Å²) in [6.45, 7) is 5.52. The van der Waals surface area contributed by atoms with Gasteiger partial charge in [-0.1, -0.05) is 60.7 Å². The highest BCUT2D eigenvalue weighted by Gasteiger charge is 2.36. The predicted molar refractivity (Wildman–Crippen MR) is 139 cm³/mol. The largest absolute Gasteiger partial charge is 0.444 e. The lowest BCUT2D eigenvalue weighted by Gasteiger charge is -2.34. The maximum Gasteiger partial charge on any atom is 0.410 e. The van der Waals surface area contributed by atoms with Gasteiger partial charge in [0.2, 0.25) is 11.8 Å². The summed E-state index contributed by atoms with van der Waals surface area (Å²) in [6, 6.07) is 17.7. The van der Waals surface area contributed by atoms with Gasteiger partial charge in [-0.05, 0) is 44.7 Å².